The summed E-state index contributed by atoms with van der Waals surface area (Å²) in [6.45, 7) is 2.49. The van der Waals surface area contributed by atoms with E-state index in [1.165, 1.54) is 43.7 Å². The lowest BCUT2D eigenvalue weighted by atomic mass is 10.1. The van der Waals surface area contributed by atoms with Crippen molar-refractivity contribution in [3.05, 3.63) is 36.6 Å². The van der Waals surface area contributed by atoms with Crippen molar-refractivity contribution in [1.82, 2.24) is 0 Å². The molecular formula is C19H25NO6S. The van der Waals surface area contributed by atoms with Crippen LogP contribution in [0.3, 0.4) is 0 Å². The van der Waals surface area contributed by atoms with Crippen molar-refractivity contribution >= 4 is 21.9 Å². The molecule has 1 aromatic carbocycles. The highest BCUT2D eigenvalue weighted by Gasteiger charge is 2.19. The van der Waals surface area contributed by atoms with E-state index in [1.807, 2.05) is 0 Å². The molecule has 2 N–H and O–H groups in total. The van der Waals surface area contributed by atoms with E-state index in [0.717, 1.165) is 19.3 Å². The number of furan rings is 1. The number of nitrogens with one attached hydrogen (secondary N) is 1. The number of carbonyl (C=O) groups excluding carboxylic acids is 1. The van der Waals surface area contributed by atoms with Crippen LogP contribution in [-0.4, -0.2) is 25.7 Å². The van der Waals surface area contributed by atoms with Crippen LogP contribution in [0, 0.1) is 0 Å². The fourth-order valence-electron chi connectivity index (χ4n) is 2.66. The molecule has 148 valence electrons. The van der Waals surface area contributed by atoms with E-state index in [1.54, 1.807) is 12.1 Å². The second-order valence-electron chi connectivity index (χ2n) is 6.19. The first-order valence-electron chi connectivity index (χ1n) is 9.01. The van der Waals surface area contributed by atoms with E-state index in [0.29, 0.717) is 12.3 Å². The second-order valence-corrected chi connectivity index (χ2v) is 7.58. The maximum Gasteiger partial charge on any atom is 0.411 e. The highest BCUT2D eigenvalue weighted by molar-refractivity contribution is 7.86. The molecule has 0 aliphatic rings. The molecule has 1 aromatic heterocycles. The van der Waals surface area contributed by atoms with Gasteiger partial charge in [0.2, 0.25) is 0 Å². The first-order valence-corrected chi connectivity index (χ1v) is 10.4. The number of rotatable bonds is 10. The Kier molecular flexibility index (Phi) is 7.87. The zero-order valence-corrected chi connectivity index (χ0v) is 16.1. The summed E-state index contributed by atoms with van der Waals surface area (Å²) in [6, 6.07) is 7.15. The molecule has 0 unspecified atom stereocenters. The van der Waals surface area contributed by atoms with Crippen molar-refractivity contribution in [3.63, 3.8) is 0 Å². The quantitative estimate of drug-likeness (QED) is 0.428. The molecule has 0 saturated carbocycles. The first kappa shape index (κ1) is 21.0. The first-order chi connectivity index (χ1) is 12.9. The fraction of sp³-hybridized carbons (Fsp3) is 0.421. The Balaban J connectivity index is 1.95. The van der Waals surface area contributed by atoms with Gasteiger partial charge in [0.15, 0.2) is 0 Å². The summed E-state index contributed by atoms with van der Waals surface area (Å²) in [5.74, 6) is 0.256. The standard InChI is InChI=1S/C19H25NO6S/c1-2-3-4-5-6-7-12-26-19(21)20-15-10-11-18(27(22,23)24)16(14-15)17-9-8-13-25-17/h8-11,13-14H,2-7,12H2,1H3,(H,20,21)(H,22,23,24). The molecular weight excluding hydrogens is 370 g/mol. The average Bonchev–Trinajstić information content (AvgIpc) is 3.14. The average molecular weight is 395 g/mol. The monoisotopic (exact) mass is 395 g/mol. The van der Waals surface area contributed by atoms with Crippen molar-refractivity contribution in [2.24, 2.45) is 0 Å². The highest BCUT2D eigenvalue weighted by atomic mass is 32.2. The van der Waals surface area contributed by atoms with Gasteiger partial charge >= 0.3 is 6.09 Å². The Morgan fingerprint density at radius 3 is 2.56 bits per heavy atom. The van der Waals surface area contributed by atoms with Gasteiger partial charge in [0.25, 0.3) is 10.1 Å². The van der Waals surface area contributed by atoms with Crippen molar-refractivity contribution in [3.8, 4) is 11.3 Å². The van der Waals surface area contributed by atoms with E-state index in [9.17, 15) is 17.8 Å². The molecule has 1 amide bonds. The fourth-order valence-corrected chi connectivity index (χ4v) is 3.34. The van der Waals surface area contributed by atoms with E-state index in [2.05, 4.69) is 12.2 Å². The third-order valence-electron chi connectivity index (χ3n) is 4.02. The topological polar surface area (TPSA) is 106 Å². The largest absolute Gasteiger partial charge is 0.464 e. The van der Waals surface area contributed by atoms with Crippen molar-refractivity contribution in [2.45, 2.75) is 50.3 Å². The summed E-state index contributed by atoms with van der Waals surface area (Å²) < 4.78 is 42.8. The normalized spacial score (nSPS) is 11.3. The Morgan fingerprint density at radius 1 is 1.15 bits per heavy atom. The van der Waals surface area contributed by atoms with Gasteiger partial charge in [-0.3, -0.25) is 9.87 Å². The summed E-state index contributed by atoms with van der Waals surface area (Å²) in [6.07, 6.45) is 7.32. The molecule has 2 aromatic rings. The highest BCUT2D eigenvalue weighted by Crippen LogP contribution is 2.30. The molecule has 0 radical (unpaired) electrons. The van der Waals surface area contributed by atoms with Crippen LogP contribution in [0.4, 0.5) is 10.5 Å². The summed E-state index contributed by atoms with van der Waals surface area (Å²) in [7, 11) is -4.44. The van der Waals surface area contributed by atoms with Gasteiger partial charge in [0, 0.05) is 11.3 Å². The zero-order chi connectivity index (χ0) is 19.7. The molecule has 0 aliphatic carbocycles. The molecule has 7 nitrogen and oxygen atoms in total. The predicted octanol–water partition coefficient (Wildman–Crippen LogP) is 5.10. The summed E-state index contributed by atoms with van der Waals surface area (Å²) in [5, 5.41) is 2.55. The smallest absolute Gasteiger partial charge is 0.411 e. The van der Waals surface area contributed by atoms with Crippen LogP contribution in [0.2, 0.25) is 0 Å². The molecule has 0 bridgehead atoms. The molecule has 0 atom stereocenters. The van der Waals surface area contributed by atoms with Crippen LogP contribution in [-0.2, 0) is 14.9 Å². The van der Waals surface area contributed by atoms with Crippen LogP contribution in [0.15, 0.2) is 45.9 Å². The van der Waals surface area contributed by atoms with Gasteiger partial charge in [-0.1, -0.05) is 39.0 Å². The molecule has 0 spiro atoms. The SMILES string of the molecule is CCCCCCCCOC(=O)Nc1ccc(S(=O)(=O)O)c(-c2ccco2)c1. The maximum absolute atomic E-state index is 11.9. The van der Waals surface area contributed by atoms with Gasteiger partial charge in [0.1, 0.15) is 10.7 Å². The molecule has 8 heteroatoms. The number of unbranched alkanes of at least 4 members (excludes halogenated alkanes) is 5. The van der Waals surface area contributed by atoms with Gasteiger partial charge in [0.05, 0.1) is 12.9 Å². The van der Waals surface area contributed by atoms with Crippen molar-refractivity contribution in [1.29, 1.82) is 0 Å². The lowest BCUT2D eigenvalue weighted by molar-refractivity contribution is 0.159. The number of benzene rings is 1. The van der Waals surface area contributed by atoms with Crippen LogP contribution in [0.25, 0.3) is 11.3 Å². The van der Waals surface area contributed by atoms with Gasteiger partial charge in [-0.05, 0) is 36.8 Å². The van der Waals surface area contributed by atoms with Gasteiger partial charge in [-0.2, -0.15) is 8.42 Å². The predicted molar refractivity (Wildman–Crippen MR) is 102 cm³/mol. The van der Waals surface area contributed by atoms with Crippen LogP contribution in [0.1, 0.15) is 45.4 Å². The number of hydrogen-bond donors (Lipinski definition) is 2. The third-order valence-corrected chi connectivity index (χ3v) is 4.93. The number of anilines is 1. The number of carbonyl (C=O) groups is 1. The summed E-state index contributed by atoms with van der Waals surface area (Å²) >= 11 is 0. The number of amides is 1. The summed E-state index contributed by atoms with van der Waals surface area (Å²) in [5.41, 5.74) is 0.484. The second kappa shape index (κ2) is 10.1. The Hall–Kier alpha value is -2.32. The molecule has 1 heterocycles. The Labute approximate surface area is 159 Å². The van der Waals surface area contributed by atoms with Gasteiger partial charge in [-0.25, -0.2) is 4.79 Å². The van der Waals surface area contributed by atoms with Gasteiger partial charge < -0.3 is 9.15 Å². The minimum absolute atomic E-state index is 0.149. The molecule has 0 saturated heterocycles. The third kappa shape index (κ3) is 6.73. The van der Waals surface area contributed by atoms with Crippen molar-refractivity contribution in [2.75, 3.05) is 11.9 Å². The lowest BCUT2D eigenvalue weighted by Crippen LogP contribution is -2.14. The minimum atomic E-state index is -4.44. The molecule has 0 fully saturated rings. The number of hydrogen-bond acceptors (Lipinski definition) is 5. The van der Waals surface area contributed by atoms with E-state index in [4.69, 9.17) is 9.15 Å². The Bertz CT molecular complexity index is 830. The van der Waals surface area contributed by atoms with Crippen molar-refractivity contribution < 1.29 is 26.9 Å². The number of ether oxygens (including phenoxy) is 1. The lowest BCUT2D eigenvalue weighted by Gasteiger charge is -2.10. The maximum atomic E-state index is 11.9. The van der Waals surface area contributed by atoms with E-state index >= 15 is 0 Å². The van der Waals surface area contributed by atoms with Crippen LogP contribution >= 0.6 is 0 Å². The molecule has 2 rings (SSSR count). The van der Waals surface area contributed by atoms with Crippen LogP contribution < -0.4 is 5.32 Å². The molecule has 0 aliphatic heterocycles. The Morgan fingerprint density at radius 2 is 1.89 bits per heavy atom. The van der Waals surface area contributed by atoms with Gasteiger partial charge in [-0.15, -0.1) is 0 Å². The van der Waals surface area contributed by atoms with Crippen LogP contribution in [0.5, 0.6) is 0 Å². The van der Waals surface area contributed by atoms with E-state index in [-0.39, 0.29) is 16.2 Å². The summed E-state index contributed by atoms with van der Waals surface area (Å²) in [4.78, 5) is 11.6. The molecule has 27 heavy (non-hydrogen) atoms. The minimum Gasteiger partial charge on any atom is -0.464 e. The van der Waals surface area contributed by atoms with E-state index < -0.39 is 16.2 Å². The zero-order valence-electron chi connectivity index (χ0n) is 15.3.